The number of rotatable bonds is 4. The summed E-state index contributed by atoms with van der Waals surface area (Å²) in [5, 5.41) is 2.64. The van der Waals surface area contributed by atoms with E-state index < -0.39 is 6.04 Å². The van der Waals surface area contributed by atoms with E-state index in [1.807, 2.05) is 6.92 Å². The molecule has 0 spiro atoms. The van der Waals surface area contributed by atoms with Gasteiger partial charge in [0.25, 0.3) is 5.91 Å². The van der Waals surface area contributed by atoms with Crippen LogP contribution in [0.5, 0.6) is 0 Å². The first-order valence-corrected chi connectivity index (χ1v) is 5.06. The quantitative estimate of drug-likeness (QED) is 0.576. The predicted molar refractivity (Wildman–Crippen MR) is 62.7 cm³/mol. The van der Waals surface area contributed by atoms with Gasteiger partial charge in [-0.05, 0) is 5.57 Å². The zero-order valence-corrected chi connectivity index (χ0v) is 9.56. The molecule has 0 radical (unpaired) electrons. The Hall–Kier alpha value is -1.84. The van der Waals surface area contributed by atoms with Gasteiger partial charge in [0.15, 0.2) is 0 Å². The van der Waals surface area contributed by atoms with E-state index in [-0.39, 0.29) is 17.9 Å². The first kappa shape index (κ1) is 12.2. The average molecular weight is 220 g/mol. The number of carbonyl (C=O) groups excluding carboxylic acids is 2. The molecule has 3 amide bonds. The molecule has 0 aromatic rings. The average Bonchev–Trinajstić information content (AvgIpc) is 2.53. The summed E-state index contributed by atoms with van der Waals surface area (Å²) in [6, 6.07) is -0.870. The maximum atomic E-state index is 11.7. The highest BCUT2D eigenvalue weighted by Crippen LogP contribution is 2.20. The summed E-state index contributed by atoms with van der Waals surface area (Å²) in [4.78, 5) is 24.1. The SMILES string of the molecule is C=C/C=C(\C=C)C(C)C1NC(=O)N(C)C1=O. The van der Waals surface area contributed by atoms with Crippen molar-refractivity contribution in [2.24, 2.45) is 5.92 Å². The number of nitrogens with one attached hydrogen (secondary N) is 1. The largest absolute Gasteiger partial charge is 0.325 e. The smallest absolute Gasteiger partial charge is 0.324 e. The third-order valence-corrected chi connectivity index (χ3v) is 2.75. The third kappa shape index (κ3) is 2.05. The monoisotopic (exact) mass is 220 g/mol. The van der Waals surface area contributed by atoms with Crippen molar-refractivity contribution in [3.8, 4) is 0 Å². The molecule has 0 bridgehead atoms. The van der Waals surface area contributed by atoms with Gasteiger partial charge in [-0.1, -0.05) is 38.3 Å². The van der Waals surface area contributed by atoms with Gasteiger partial charge in [0.1, 0.15) is 6.04 Å². The van der Waals surface area contributed by atoms with Crippen molar-refractivity contribution in [2.75, 3.05) is 7.05 Å². The lowest BCUT2D eigenvalue weighted by Crippen LogP contribution is -2.36. The van der Waals surface area contributed by atoms with E-state index in [0.717, 1.165) is 10.5 Å². The van der Waals surface area contributed by atoms with Crippen LogP contribution >= 0.6 is 0 Å². The fourth-order valence-electron chi connectivity index (χ4n) is 1.67. The van der Waals surface area contributed by atoms with E-state index in [9.17, 15) is 9.59 Å². The molecule has 0 aromatic heterocycles. The molecule has 1 aliphatic rings. The number of hydrogen-bond donors (Lipinski definition) is 1. The molecular weight excluding hydrogens is 204 g/mol. The fourth-order valence-corrected chi connectivity index (χ4v) is 1.67. The second-order valence-corrected chi connectivity index (χ2v) is 3.72. The van der Waals surface area contributed by atoms with Gasteiger partial charge in [0.2, 0.25) is 0 Å². The summed E-state index contributed by atoms with van der Waals surface area (Å²) in [7, 11) is 1.47. The molecule has 2 unspecified atom stereocenters. The van der Waals surface area contributed by atoms with Crippen LogP contribution in [-0.4, -0.2) is 29.9 Å². The molecule has 0 aromatic carbocycles. The van der Waals surface area contributed by atoms with Crippen LogP contribution in [0.15, 0.2) is 37.0 Å². The van der Waals surface area contributed by atoms with Crippen molar-refractivity contribution < 1.29 is 9.59 Å². The van der Waals surface area contributed by atoms with Crippen molar-refractivity contribution in [3.63, 3.8) is 0 Å². The summed E-state index contributed by atoms with van der Waals surface area (Å²) < 4.78 is 0. The van der Waals surface area contributed by atoms with Crippen molar-refractivity contribution in [3.05, 3.63) is 37.0 Å². The van der Waals surface area contributed by atoms with Gasteiger partial charge in [-0.2, -0.15) is 0 Å². The predicted octanol–water partition coefficient (Wildman–Crippen LogP) is 1.47. The third-order valence-electron chi connectivity index (χ3n) is 2.75. The molecule has 4 nitrogen and oxygen atoms in total. The highest BCUT2D eigenvalue weighted by Gasteiger charge is 2.39. The zero-order chi connectivity index (χ0) is 12.3. The van der Waals surface area contributed by atoms with Crippen LogP contribution in [0.1, 0.15) is 6.92 Å². The van der Waals surface area contributed by atoms with Crippen LogP contribution in [0.4, 0.5) is 4.79 Å². The molecule has 1 N–H and O–H groups in total. The minimum absolute atomic E-state index is 0.114. The molecule has 1 fully saturated rings. The molecule has 1 saturated heterocycles. The van der Waals surface area contributed by atoms with Gasteiger partial charge >= 0.3 is 6.03 Å². The molecule has 0 saturated carbocycles. The summed E-state index contributed by atoms with van der Waals surface area (Å²) in [5.74, 6) is -0.328. The van der Waals surface area contributed by atoms with Gasteiger partial charge in [0, 0.05) is 13.0 Å². The second kappa shape index (κ2) is 4.79. The van der Waals surface area contributed by atoms with Gasteiger partial charge in [-0.25, -0.2) is 4.79 Å². The Bertz CT molecular complexity index is 371. The Balaban J connectivity index is 2.90. The molecule has 2 atom stereocenters. The topological polar surface area (TPSA) is 49.4 Å². The molecule has 0 aliphatic carbocycles. The number of hydrogen-bond acceptors (Lipinski definition) is 2. The van der Waals surface area contributed by atoms with Crippen LogP contribution in [0, 0.1) is 5.92 Å². The van der Waals surface area contributed by atoms with E-state index in [2.05, 4.69) is 18.5 Å². The van der Waals surface area contributed by atoms with E-state index in [1.54, 1.807) is 18.2 Å². The second-order valence-electron chi connectivity index (χ2n) is 3.72. The zero-order valence-electron chi connectivity index (χ0n) is 9.56. The Kier molecular flexibility index (Phi) is 3.66. The molecule has 1 heterocycles. The summed E-state index contributed by atoms with van der Waals surface area (Å²) >= 11 is 0. The molecule has 1 rings (SSSR count). The summed E-state index contributed by atoms with van der Waals surface area (Å²) in [5.41, 5.74) is 0.879. The molecular formula is C12H16N2O2. The van der Waals surface area contributed by atoms with E-state index in [1.165, 1.54) is 7.05 Å². The standard InChI is InChI=1S/C12H16N2O2/c1-5-7-9(6-2)8(3)10-11(15)14(4)12(16)13-10/h5-8,10H,1-2H2,3-4H3,(H,13,16)/b9-7+. The summed E-state index contributed by atoms with van der Waals surface area (Å²) in [6.07, 6.45) is 5.10. The lowest BCUT2D eigenvalue weighted by molar-refractivity contribution is -0.127. The van der Waals surface area contributed by atoms with Crippen molar-refractivity contribution in [1.29, 1.82) is 0 Å². The number of urea groups is 1. The van der Waals surface area contributed by atoms with Crippen LogP contribution in [-0.2, 0) is 4.79 Å². The normalized spacial score (nSPS) is 23.0. The Labute approximate surface area is 95.3 Å². The van der Waals surface area contributed by atoms with E-state index >= 15 is 0 Å². The maximum absolute atomic E-state index is 11.7. The minimum Gasteiger partial charge on any atom is -0.325 e. The summed E-state index contributed by atoms with van der Waals surface area (Å²) in [6.45, 7) is 9.16. The van der Waals surface area contributed by atoms with Gasteiger partial charge in [0.05, 0.1) is 0 Å². The molecule has 1 aliphatic heterocycles. The van der Waals surface area contributed by atoms with Gasteiger partial charge < -0.3 is 5.32 Å². The Morgan fingerprint density at radius 1 is 1.50 bits per heavy atom. The van der Waals surface area contributed by atoms with Crippen LogP contribution in [0.25, 0.3) is 0 Å². The van der Waals surface area contributed by atoms with Crippen LogP contribution < -0.4 is 5.32 Å². The first-order valence-electron chi connectivity index (χ1n) is 5.06. The minimum atomic E-state index is -0.512. The van der Waals surface area contributed by atoms with E-state index in [0.29, 0.717) is 0 Å². The number of carbonyl (C=O) groups is 2. The highest BCUT2D eigenvalue weighted by atomic mass is 16.2. The Morgan fingerprint density at radius 2 is 2.12 bits per heavy atom. The molecule has 86 valence electrons. The Morgan fingerprint density at radius 3 is 2.50 bits per heavy atom. The highest BCUT2D eigenvalue weighted by molar-refractivity contribution is 6.04. The number of amides is 3. The van der Waals surface area contributed by atoms with Crippen molar-refractivity contribution in [2.45, 2.75) is 13.0 Å². The fraction of sp³-hybridized carbons (Fsp3) is 0.333. The van der Waals surface area contributed by atoms with Gasteiger partial charge in [-0.3, -0.25) is 9.69 Å². The maximum Gasteiger partial charge on any atom is 0.324 e. The number of imide groups is 1. The number of nitrogens with zero attached hydrogens (tertiary/aromatic N) is 1. The van der Waals surface area contributed by atoms with E-state index in [4.69, 9.17) is 0 Å². The first-order chi connectivity index (χ1) is 7.52. The van der Waals surface area contributed by atoms with Gasteiger partial charge in [-0.15, -0.1) is 0 Å². The number of allylic oxidation sites excluding steroid dienone is 3. The lowest BCUT2D eigenvalue weighted by Gasteiger charge is -2.18. The van der Waals surface area contributed by atoms with Crippen LogP contribution in [0.3, 0.4) is 0 Å². The molecule has 16 heavy (non-hydrogen) atoms. The molecule has 4 heteroatoms. The number of likely N-dealkylation sites (N-methyl/N-ethyl adjacent to an activating group) is 1. The van der Waals surface area contributed by atoms with Crippen LogP contribution in [0.2, 0.25) is 0 Å². The van der Waals surface area contributed by atoms with Crippen molar-refractivity contribution >= 4 is 11.9 Å². The van der Waals surface area contributed by atoms with Crippen molar-refractivity contribution in [1.82, 2.24) is 10.2 Å². The lowest BCUT2D eigenvalue weighted by atomic mass is 9.92.